The Morgan fingerprint density at radius 1 is 1.21 bits per heavy atom. The van der Waals surface area contributed by atoms with Crippen molar-refractivity contribution >= 4 is 17.6 Å². The SMILES string of the molecule is CC(=O)Nc1cccc(C(C)NC(=O)N(C)C2CCC(C)CC2)c1. The highest BCUT2D eigenvalue weighted by Crippen LogP contribution is 2.26. The number of anilines is 1. The van der Waals surface area contributed by atoms with E-state index in [9.17, 15) is 9.59 Å². The lowest BCUT2D eigenvalue weighted by atomic mass is 9.87. The molecule has 1 saturated carbocycles. The Bertz CT molecular complexity index is 580. The molecule has 1 fully saturated rings. The summed E-state index contributed by atoms with van der Waals surface area (Å²) in [6.07, 6.45) is 4.54. The van der Waals surface area contributed by atoms with Gasteiger partial charge in [-0.2, -0.15) is 0 Å². The first-order valence-corrected chi connectivity index (χ1v) is 8.77. The fourth-order valence-electron chi connectivity index (χ4n) is 3.25. The van der Waals surface area contributed by atoms with Crippen molar-refractivity contribution in [3.8, 4) is 0 Å². The molecule has 1 aromatic carbocycles. The zero-order chi connectivity index (χ0) is 17.7. The van der Waals surface area contributed by atoms with E-state index in [0.717, 1.165) is 30.0 Å². The van der Waals surface area contributed by atoms with Gasteiger partial charge >= 0.3 is 6.03 Å². The molecule has 3 amide bonds. The lowest BCUT2D eigenvalue weighted by Crippen LogP contribution is -2.45. The van der Waals surface area contributed by atoms with Crippen molar-refractivity contribution in [2.75, 3.05) is 12.4 Å². The number of carbonyl (C=O) groups excluding carboxylic acids is 2. The van der Waals surface area contributed by atoms with Crippen molar-refractivity contribution in [2.24, 2.45) is 5.92 Å². The van der Waals surface area contributed by atoms with E-state index in [-0.39, 0.29) is 18.0 Å². The number of amides is 3. The molecule has 0 aromatic heterocycles. The summed E-state index contributed by atoms with van der Waals surface area (Å²) in [5.41, 5.74) is 1.72. The zero-order valence-corrected chi connectivity index (χ0v) is 15.1. The first-order chi connectivity index (χ1) is 11.4. The number of hydrogen-bond donors (Lipinski definition) is 2. The van der Waals surface area contributed by atoms with Gasteiger partial charge in [-0.05, 0) is 56.2 Å². The van der Waals surface area contributed by atoms with Crippen LogP contribution in [0.4, 0.5) is 10.5 Å². The minimum absolute atomic E-state index is 0.0352. The Hall–Kier alpha value is -2.04. The molecule has 1 aliphatic carbocycles. The summed E-state index contributed by atoms with van der Waals surface area (Å²) >= 11 is 0. The Balaban J connectivity index is 1.94. The molecule has 2 rings (SSSR count). The molecule has 5 nitrogen and oxygen atoms in total. The molecule has 0 heterocycles. The normalized spacial score (nSPS) is 21.7. The topological polar surface area (TPSA) is 61.4 Å². The van der Waals surface area contributed by atoms with Gasteiger partial charge in [-0.1, -0.05) is 19.1 Å². The molecule has 0 saturated heterocycles. The van der Waals surface area contributed by atoms with E-state index in [1.807, 2.05) is 43.1 Å². The largest absolute Gasteiger partial charge is 0.331 e. The van der Waals surface area contributed by atoms with Crippen LogP contribution in [0.5, 0.6) is 0 Å². The zero-order valence-electron chi connectivity index (χ0n) is 15.1. The number of nitrogens with zero attached hydrogens (tertiary/aromatic N) is 1. The van der Waals surface area contributed by atoms with Crippen LogP contribution in [0.15, 0.2) is 24.3 Å². The van der Waals surface area contributed by atoms with Gasteiger partial charge in [0.15, 0.2) is 0 Å². The maximum Gasteiger partial charge on any atom is 0.317 e. The van der Waals surface area contributed by atoms with Gasteiger partial charge in [0.2, 0.25) is 5.91 Å². The predicted molar refractivity (Wildman–Crippen MR) is 96.9 cm³/mol. The summed E-state index contributed by atoms with van der Waals surface area (Å²) in [5.74, 6) is 0.670. The van der Waals surface area contributed by atoms with Gasteiger partial charge in [0.25, 0.3) is 0 Å². The van der Waals surface area contributed by atoms with Crippen LogP contribution in [0.25, 0.3) is 0 Å². The van der Waals surface area contributed by atoms with Gasteiger partial charge in [-0.25, -0.2) is 4.79 Å². The molecule has 24 heavy (non-hydrogen) atoms. The molecule has 1 aromatic rings. The molecule has 1 unspecified atom stereocenters. The van der Waals surface area contributed by atoms with Crippen molar-refractivity contribution in [3.05, 3.63) is 29.8 Å². The van der Waals surface area contributed by atoms with Crippen molar-refractivity contribution in [3.63, 3.8) is 0 Å². The average Bonchev–Trinajstić information content (AvgIpc) is 2.54. The molecule has 0 bridgehead atoms. The summed E-state index contributed by atoms with van der Waals surface area (Å²) in [5, 5.41) is 5.83. The van der Waals surface area contributed by atoms with Crippen LogP contribution >= 0.6 is 0 Å². The summed E-state index contributed by atoms with van der Waals surface area (Å²) in [6, 6.07) is 7.76. The van der Waals surface area contributed by atoms with E-state index in [1.54, 1.807) is 0 Å². The maximum atomic E-state index is 12.5. The van der Waals surface area contributed by atoms with Crippen LogP contribution < -0.4 is 10.6 Å². The van der Waals surface area contributed by atoms with E-state index in [0.29, 0.717) is 6.04 Å². The molecule has 132 valence electrons. The summed E-state index contributed by atoms with van der Waals surface area (Å²) in [7, 11) is 1.89. The fraction of sp³-hybridized carbons (Fsp3) is 0.579. The fourth-order valence-corrected chi connectivity index (χ4v) is 3.25. The minimum Gasteiger partial charge on any atom is -0.331 e. The lowest BCUT2D eigenvalue weighted by Gasteiger charge is -2.34. The van der Waals surface area contributed by atoms with E-state index < -0.39 is 0 Å². The number of nitrogens with one attached hydrogen (secondary N) is 2. The predicted octanol–water partition coefficient (Wildman–Crippen LogP) is 3.93. The molecular weight excluding hydrogens is 302 g/mol. The first kappa shape index (κ1) is 18.3. The average molecular weight is 331 g/mol. The number of rotatable bonds is 4. The van der Waals surface area contributed by atoms with Gasteiger partial charge < -0.3 is 15.5 Å². The van der Waals surface area contributed by atoms with Crippen LogP contribution in [0, 0.1) is 5.92 Å². The molecule has 5 heteroatoms. The van der Waals surface area contributed by atoms with Crippen molar-refractivity contribution in [1.82, 2.24) is 10.2 Å². The van der Waals surface area contributed by atoms with E-state index in [4.69, 9.17) is 0 Å². The van der Waals surface area contributed by atoms with E-state index in [1.165, 1.54) is 19.8 Å². The van der Waals surface area contributed by atoms with Crippen LogP contribution in [0.1, 0.15) is 58.1 Å². The maximum absolute atomic E-state index is 12.5. The van der Waals surface area contributed by atoms with E-state index >= 15 is 0 Å². The summed E-state index contributed by atoms with van der Waals surface area (Å²) in [4.78, 5) is 25.5. The van der Waals surface area contributed by atoms with Crippen molar-refractivity contribution in [1.29, 1.82) is 0 Å². The second-order valence-electron chi connectivity index (χ2n) is 7.00. The Morgan fingerprint density at radius 3 is 2.50 bits per heavy atom. The van der Waals surface area contributed by atoms with Gasteiger partial charge in [0.05, 0.1) is 6.04 Å². The highest BCUT2D eigenvalue weighted by atomic mass is 16.2. The molecule has 1 atom stereocenters. The number of hydrogen-bond acceptors (Lipinski definition) is 2. The summed E-state index contributed by atoms with van der Waals surface area (Å²) < 4.78 is 0. The van der Waals surface area contributed by atoms with Crippen LogP contribution in [-0.2, 0) is 4.79 Å². The molecule has 1 aliphatic rings. The Morgan fingerprint density at radius 2 is 1.88 bits per heavy atom. The molecular formula is C19H29N3O2. The Labute approximate surface area is 144 Å². The van der Waals surface area contributed by atoms with Crippen molar-refractivity contribution in [2.45, 2.75) is 58.5 Å². The first-order valence-electron chi connectivity index (χ1n) is 8.77. The third-order valence-electron chi connectivity index (χ3n) is 4.90. The highest BCUT2D eigenvalue weighted by molar-refractivity contribution is 5.88. The van der Waals surface area contributed by atoms with Gasteiger partial charge in [0, 0.05) is 25.7 Å². The quantitative estimate of drug-likeness (QED) is 0.878. The van der Waals surface area contributed by atoms with Gasteiger partial charge in [0.1, 0.15) is 0 Å². The highest BCUT2D eigenvalue weighted by Gasteiger charge is 2.25. The van der Waals surface area contributed by atoms with Crippen LogP contribution in [0.3, 0.4) is 0 Å². The van der Waals surface area contributed by atoms with Crippen molar-refractivity contribution < 1.29 is 9.59 Å². The second-order valence-corrected chi connectivity index (χ2v) is 7.00. The molecule has 2 N–H and O–H groups in total. The Kier molecular flexibility index (Phi) is 6.23. The number of benzene rings is 1. The lowest BCUT2D eigenvalue weighted by molar-refractivity contribution is -0.114. The van der Waals surface area contributed by atoms with Gasteiger partial charge in [-0.3, -0.25) is 4.79 Å². The van der Waals surface area contributed by atoms with Crippen LogP contribution in [0.2, 0.25) is 0 Å². The van der Waals surface area contributed by atoms with E-state index in [2.05, 4.69) is 17.6 Å². The number of carbonyl (C=O) groups is 2. The third kappa shape index (κ3) is 4.98. The molecule has 0 radical (unpaired) electrons. The molecule has 0 aliphatic heterocycles. The van der Waals surface area contributed by atoms with Gasteiger partial charge in [-0.15, -0.1) is 0 Å². The monoisotopic (exact) mass is 331 g/mol. The second kappa shape index (κ2) is 8.18. The third-order valence-corrected chi connectivity index (χ3v) is 4.90. The number of urea groups is 1. The summed E-state index contributed by atoms with van der Waals surface area (Å²) in [6.45, 7) is 5.72. The standard InChI is InChI=1S/C19H29N3O2/c1-13-8-10-18(11-9-13)22(4)19(24)20-14(2)16-6-5-7-17(12-16)21-15(3)23/h5-7,12-14,18H,8-11H2,1-4H3,(H,20,24)(H,21,23). The molecule has 0 spiro atoms. The van der Waals surface area contributed by atoms with Crippen LogP contribution in [-0.4, -0.2) is 29.9 Å². The smallest absolute Gasteiger partial charge is 0.317 e. The minimum atomic E-state index is -0.115.